The number of aliphatic hydroxyl groups is 1. The molecular formula is C14H24OS. The Hall–Kier alpha value is -0.340. The van der Waals surface area contributed by atoms with Gasteiger partial charge in [0.15, 0.2) is 0 Å². The van der Waals surface area contributed by atoms with Gasteiger partial charge in [-0.25, -0.2) is 0 Å². The monoisotopic (exact) mass is 240 g/mol. The number of hydrogen-bond donors (Lipinski definition) is 1. The molecule has 1 aromatic rings. The third-order valence-corrected chi connectivity index (χ3v) is 3.42. The minimum Gasteiger partial charge on any atom is -0.393 e. The summed E-state index contributed by atoms with van der Waals surface area (Å²) in [7, 11) is 0. The zero-order chi connectivity index (χ0) is 12.2. The molecule has 0 fully saturated rings. The van der Waals surface area contributed by atoms with Crippen molar-refractivity contribution in [2.24, 2.45) is 11.3 Å². The van der Waals surface area contributed by atoms with Crippen LogP contribution >= 0.6 is 11.3 Å². The van der Waals surface area contributed by atoms with Gasteiger partial charge in [-0.1, -0.05) is 27.7 Å². The van der Waals surface area contributed by atoms with Crippen LogP contribution in [0.25, 0.3) is 0 Å². The Morgan fingerprint density at radius 3 is 2.56 bits per heavy atom. The van der Waals surface area contributed by atoms with Gasteiger partial charge in [-0.15, -0.1) is 0 Å². The topological polar surface area (TPSA) is 20.2 Å². The quantitative estimate of drug-likeness (QED) is 0.821. The van der Waals surface area contributed by atoms with Gasteiger partial charge in [0.25, 0.3) is 0 Å². The SMILES string of the molecule is CC(CC(O)Cc1ccsc1)CC(C)(C)C. The Balaban J connectivity index is 2.31. The summed E-state index contributed by atoms with van der Waals surface area (Å²) in [6.45, 7) is 9.01. The average Bonchev–Trinajstić information content (AvgIpc) is 2.51. The minimum absolute atomic E-state index is 0.188. The van der Waals surface area contributed by atoms with Gasteiger partial charge in [0.2, 0.25) is 0 Å². The molecule has 1 aromatic heterocycles. The first-order chi connectivity index (χ1) is 7.37. The molecule has 16 heavy (non-hydrogen) atoms. The lowest BCUT2D eigenvalue weighted by atomic mass is 9.83. The fourth-order valence-corrected chi connectivity index (χ4v) is 3.04. The van der Waals surface area contributed by atoms with Crippen LogP contribution in [0.1, 0.15) is 46.1 Å². The van der Waals surface area contributed by atoms with Crippen molar-refractivity contribution in [2.45, 2.75) is 53.1 Å². The molecule has 0 saturated carbocycles. The van der Waals surface area contributed by atoms with Crippen molar-refractivity contribution in [1.29, 1.82) is 0 Å². The second kappa shape index (κ2) is 5.83. The molecule has 0 bridgehead atoms. The highest BCUT2D eigenvalue weighted by Gasteiger charge is 2.18. The maximum absolute atomic E-state index is 9.99. The molecule has 2 heteroatoms. The maximum Gasteiger partial charge on any atom is 0.0583 e. The summed E-state index contributed by atoms with van der Waals surface area (Å²) >= 11 is 1.70. The number of aliphatic hydroxyl groups excluding tert-OH is 1. The van der Waals surface area contributed by atoms with Gasteiger partial charge < -0.3 is 5.11 Å². The molecule has 1 heterocycles. The van der Waals surface area contributed by atoms with E-state index < -0.39 is 0 Å². The Kier molecular flexibility index (Phi) is 5.00. The summed E-state index contributed by atoms with van der Waals surface area (Å²) in [6.07, 6.45) is 2.70. The van der Waals surface area contributed by atoms with Gasteiger partial charge in [-0.3, -0.25) is 0 Å². The molecule has 1 rings (SSSR count). The second-order valence-electron chi connectivity index (χ2n) is 6.10. The molecule has 0 radical (unpaired) electrons. The molecule has 2 unspecified atom stereocenters. The normalized spacial score (nSPS) is 16.1. The molecule has 2 atom stereocenters. The Morgan fingerprint density at radius 2 is 2.06 bits per heavy atom. The Labute approximate surface area is 104 Å². The average molecular weight is 240 g/mol. The zero-order valence-corrected chi connectivity index (χ0v) is 11.7. The van der Waals surface area contributed by atoms with E-state index in [1.165, 1.54) is 12.0 Å². The van der Waals surface area contributed by atoms with E-state index in [0.29, 0.717) is 11.3 Å². The predicted octanol–water partition coefficient (Wildman–Crippen LogP) is 4.11. The van der Waals surface area contributed by atoms with Gasteiger partial charge in [0, 0.05) is 0 Å². The van der Waals surface area contributed by atoms with Crippen molar-refractivity contribution in [3.8, 4) is 0 Å². The third-order valence-electron chi connectivity index (χ3n) is 2.69. The summed E-state index contributed by atoms with van der Waals surface area (Å²) in [5.74, 6) is 0.591. The van der Waals surface area contributed by atoms with Crippen LogP contribution in [0, 0.1) is 11.3 Å². The van der Waals surface area contributed by atoms with E-state index in [4.69, 9.17) is 0 Å². The second-order valence-corrected chi connectivity index (χ2v) is 6.88. The minimum atomic E-state index is -0.188. The molecule has 1 nitrogen and oxygen atoms in total. The van der Waals surface area contributed by atoms with E-state index >= 15 is 0 Å². The summed E-state index contributed by atoms with van der Waals surface area (Å²) in [5.41, 5.74) is 1.63. The first kappa shape index (κ1) is 13.7. The molecule has 0 aromatic carbocycles. The zero-order valence-electron chi connectivity index (χ0n) is 10.9. The molecular weight excluding hydrogens is 216 g/mol. The van der Waals surface area contributed by atoms with Crippen LogP contribution in [0.3, 0.4) is 0 Å². The van der Waals surface area contributed by atoms with Crippen LogP contribution in [0.4, 0.5) is 0 Å². The van der Waals surface area contributed by atoms with E-state index in [1.54, 1.807) is 11.3 Å². The summed E-state index contributed by atoms with van der Waals surface area (Å²) in [4.78, 5) is 0. The van der Waals surface area contributed by atoms with Crippen LogP contribution in [-0.4, -0.2) is 11.2 Å². The highest BCUT2D eigenvalue weighted by atomic mass is 32.1. The van der Waals surface area contributed by atoms with Crippen molar-refractivity contribution in [2.75, 3.05) is 0 Å². The molecule has 92 valence electrons. The van der Waals surface area contributed by atoms with Crippen LogP contribution in [0.5, 0.6) is 0 Å². The van der Waals surface area contributed by atoms with Crippen molar-refractivity contribution < 1.29 is 5.11 Å². The van der Waals surface area contributed by atoms with Crippen molar-refractivity contribution in [3.05, 3.63) is 22.4 Å². The number of thiophene rings is 1. The van der Waals surface area contributed by atoms with Crippen molar-refractivity contribution >= 4 is 11.3 Å². The van der Waals surface area contributed by atoms with E-state index in [0.717, 1.165) is 12.8 Å². The van der Waals surface area contributed by atoms with Crippen molar-refractivity contribution in [1.82, 2.24) is 0 Å². The van der Waals surface area contributed by atoms with Crippen LogP contribution in [0.15, 0.2) is 16.8 Å². The first-order valence-corrected chi connectivity index (χ1v) is 7.00. The molecule has 1 N–H and O–H groups in total. The highest BCUT2D eigenvalue weighted by molar-refractivity contribution is 7.07. The summed E-state index contributed by atoms with van der Waals surface area (Å²) in [5, 5.41) is 14.2. The third kappa shape index (κ3) is 5.66. The molecule has 0 aliphatic carbocycles. The highest BCUT2D eigenvalue weighted by Crippen LogP contribution is 2.27. The lowest BCUT2D eigenvalue weighted by molar-refractivity contribution is 0.133. The largest absolute Gasteiger partial charge is 0.393 e. The predicted molar refractivity (Wildman–Crippen MR) is 71.9 cm³/mol. The van der Waals surface area contributed by atoms with Crippen LogP contribution in [0.2, 0.25) is 0 Å². The molecule has 0 aliphatic heterocycles. The van der Waals surface area contributed by atoms with Crippen LogP contribution in [-0.2, 0) is 6.42 Å². The maximum atomic E-state index is 9.99. The van der Waals surface area contributed by atoms with Gasteiger partial charge >= 0.3 is 0 Å². The lowest BCUT2D eigenvalue weighted by Gasteiger charge is -2.24. The van der Waals surface area contributed by atoms with Gasteiger partial charge in [0.1, 0.15) is 0 Å². The van der Waals surface area contributed by atoms with Crippen molar-refractivity contribution in [3.63, 3.8) is 0 Å². The summed E-state index contributed by atoms with van der Waals surface area (Å²) in [6, 6.07) is 2.10. The number of rotatable bonds is 5. The number of hydrogen-bond acceptors (Lipinski definition) is 2. The molecule has 0 spiro atoms. The smallest absolute Gasteiger partial charge is 0.0583 e. The summed E-state index contributed by atoms with van der Waals surface area (Å²) < 4.78 is 0. The molecule has 0 saturated heterocycles. The van der Waals surface area contributed by atoms with Gasteiger partial charge in [-0.05, 0) is 53.0 Å². The van der Waals surface area contributed by atoms with Gasteiger partial charge in [-0.2, -0.15) is 11.3 Å². The van der Waals surface area contributed by atoms with Crippen LogP contribution < -0.4 is 0 Å². The fourth-order valence-electron chi connectivity index (χ4n) is 2.36. The van der Waals surface area contributed by atoms with E-state index in [1.807, 2.05) is 0 Å². The van der Waals surface area contributed by atoms with E-state index in [2.05, 4.69) is 44.5 Å². The standard InChI is InChI=1S/C14H24OS/c1-11(9-14(2,3)4)7-13(15)8-12-5-6-16-10-12/h5-6,10-11,13,15H,7-9H2,1-4H3. The Morgan fingerprint density at radius 1 is 1.38 bits per heavy atom. The molecule has 0 amide bonds. The van der Waals surface area contributed by atoms with Gasteiger partial charge in [0.05, 0.1) is 6.10 Å². The first-order valence-electron chi connectivity index (χ1n) is 6.06. The van der Waals surface area contributed by atoms with E-state index in [9.17, 15) is 5.11 Å². The fraction of sp³-hybridized carbons (Fsp3) is 0.714. The van der Waals surface area contributed by atoms with E-state index in [-0.39, 0.29) is 6.10 Å². The Bertz CT molecular complexity index is 284. The molecule has 0 aliphatic rings. The lowest BCUT2D eigenvalue weighted by Crippen LogP contribution is -2.18.